The molecule has 2 aliphatic carbocycles. The second-order valence-corrected chi connectivity index (χ2v) is 9.62. The quantitative estimate of drug-likeness (QED) is 0.516. The molecule has 2 aliphatic rings. The number of benzene rings is 2. The van der Waals surface area contributed by atoms with Crippen LogP contribution in [0, 0.1) is 17.8 Å². The first kappa shape index (κ1) is 21.9. The summed E-state index contributed by atoms with van der Waals surface area (Å²) >= 11 is 6.13. The van der Waals surface area contributed by atoms with Crippen molar-refractivity contribution in [3.05, 3.63) is 59.1 Å². The summed E-state index contributed by atoms with van der Waals surface area (Å²) in [4.78, 5) is 25.5. The summed E-state index contributed by atoms with van der Waals surface area (Å²) < 4.78 is 0. The molecule has 0 aliphatic heterocycles. The van der Waals surface area contributed by atoms with Gasteiger partial charge in [0.2, 0.25) is 5.91 Å². The number of hydrogen-bond acceptors (Lipinski definition) is 3. The van der Waals surface area contributed by atoms with Gasteiger partial charge in [0, 0.05) is 29.0 Å². The Morgan fingerprint density at radius 3 is 2.35 bits per heavy atom. The number of halogens is 1. The van der Waals surface area contributed by atoms with E-state index in [1.807, 2.05) is 12.1 Å². The molecule has 4 rings (SSSR count). The highest BCUT2D eigenvalue weighted by Gasteiger charge is 2.34. The Kier molecular flexibility index (Phi) is 6.96. The molecule has 2 aromatic carbocycles. The van der Waals surface area contributed by atoms with E-state index in [0.717, 1.165) is 50.0 Å². The Bertz CT molecular complexity index is 919. The van der Waals surface area contributed by atoms with Crippen LogP contribution in [0.2, 0.25) is 5.02 Å². The predicted octanol–water partition coefficient (Wildman–Crippen LogP) is 6.33. The number of hydrogen-bond donors (Lipinski definition) is 2. The maximum atomic E-state index is 12.9. The standard InChI is InChI=1S/C26H30ClNO3/c27-22-3-1-2-20(16-22)18-6-8-19(9-7-18)25(30)15-17-4-5-21(14-17)26(31)28-23-10-12-24(29)13-11-23/h1-3,10-13,16-19,21,29H,4-9,14-15H2,(H,28,31). The van der Waals surface area contributed by atoms with E-state index in [4.69, 9.17) is 11.6 Å². The molecule has 4 nitrogen and oxygen atoms in total. The lowest BCUT2D eigenvalue weighted by molar-refractivity contribution is -0.125. The minimum Gasteiger partial charge on any atom is -0.508 e. The second kappa shape index (κ2) is 9.86. The third kappa shape index (κ3) is 5.68. The van der Waals surface area contributed by atoms with E-state index < -0.39 is 0 Å². The van der Waals surface area contributed by atoms with Crippen LogP contribution in [0.25, 0.3) is 0 Å². The topological polar surface area (TPSA) is 66.4 Å². The van der Waals surface area contributed by atoms with E-state index in [9.17, 15) is 14.7 Å². The van der Waals surface area contributed by atoms with E-state index in [0.29, 0.717) is 29.7 Å². The van der Waals surface area contributed by atoms with Crippen molar-refractivity contribution in [2.75, 3.05) is 5.32 Å². The molecular weight excluding hydrogens is 410 g/mol. The molecule has 2 saturated carbocycles. The molecular formula is C26H30ClNO3. The van der Waals surface area contributed by atoms with Gasteiger partial charge in [-0.3, -0.25) is 9.59 Å². The summed E-state index contributed by atoms with van der Waals surface area (Å²) in [5.74, 6) is 1.53. The highest BCUT2D eigenvalue weighted by atomic mass is 35.5. The summed E-state index contributed by atoms with van der Waals surface area (Å²) in [7, 11) is 0. The summed E-state index contributed by atoms with van der Waals surface area (Å²) in [6, 6.07) is 14.6. The number of nitrogens with one attached hydrogen (secondary N) is 1. The zero-order chi connectivity index (χ0) is 21.8. The second-order valence-electron chi connectivity index (χ2n) is 9.19. The van der Waals surface area contributed by atoms with Gasteiger partial charge in [-0.15, -0.1) is 0 Å². The highest BCUT2D eigenvalue weighted by molar-refractivity contribution is 6.30. The van der Waals surface area contributed by atoms with Gasteiger partial charge in [0.25, 0.3) is 0 Å². The van der Waals surface area contributed by atoms with Gasteiger partial charge >= 0.3 is 0 Å². The van der Waals surface area contributed by atoms with Gasteiger partial charge in [-0.25, -0.2) is 0 Å². The first-order valence-electron chi connectivity index (χ1n) is 11.4. The maximum absolute atomic E-state index is 12.9. The average Bonchev–Trinajstić information content (AvgIpc) is 3.24. The van der Waals surface area contributed by atoms with Gasteiger partial charge < -0.3 is 10.4 Å². The van der Waals surface area contributed by atoms with Crippen LogP contribution in [-0.4, -0.2) is 16.8 Å². The molecule has 2 aromatic rings. The highest BCUT2D eigenvalue weighted by Crippen LogP contribution is 2.39. The lowest BCUT2D eigenvalue weighted by Crippen LogP contribution is -2.23. The van der Waals surface area contributed by atoms with Gasteiger partial charge in [-0.2, -0.15) is 0 Å². The van der Waals surface area contributed by atoms with Crippen LogP contribution in [0.15, 0.2) is 48.5 Å². The fourth-order valence-corrected chi connectivity index (χ4v) is 5.45. The van der Waals surface area contributed by atoms with Gasteiger partial charge in [-0.05, 0) is 98.7 Å². The number of anilines is 1. The summed E-state index contributed by atoms with van der Waals surface area (Å²) in [6.07, 6.45) is 7.16. The molecule has 2 fully saturated rings. The van der Waals surface area contributed by atoms with Crippen LogP contribution in [0.1, 0.15) is 62.8 Å². The number of phenols is 1. The average molecular weight is 440 g/mol. The molecule has 0 bridgehead atoms. The van der Waals surface area contributed by atoms with Gasteiger partial charge in [0.15, 0.2) is 0 Å². The monoisotopic (exact) mass is 439 g/mol. The van der Waals surface area contributed by atoms with Gasteiger partial charge in [-0.1, -0.05) is 23.7 Å². The number of carbonyl (C=O) groups excluding carboxylic acids is 2. The Labute approximate surface area is 189 Å². The number of Topliss-reactive ketones (excluding diaryl/α,β-unsaturated/α-hetero) is 1. The molecule has 2 atom stereocenters. The Balaban J connectivity index is 1.22. The van der Waals surface area contributed by atoms with Crippen molar-refractivity contribution in [2.24, 2.45) is 17.8 Å². The van der Waals surface area contributed by atoms with E-state index in [2.05, 4.69) is 17.4 Å². The summed E-state index contributed by atoms with van der Waals surface area (Å²) in [6.45, 7) is 0. The Hall–Kier alpha value is -2.33. The van der Waals surface area contributed by atoms with Crippen molar-refractivity contribution in [1.82, 2.24) is 0 Å². The van der Waals surface area contributed by atoms with Crippen LogP contribution < -0.4 is 5.32 Å². The minimum atomic E-state index is -0.0369. The molecule has 2 unspecified atom stereocenters. The maximum Gasteiger partial charge on any atom is 0.227 e. The van der Waals surface area contributed by atoms with Crippen LogP contribution >= 0.6 is 11.6 Å². The zero-order valence-corrected chi connectivity index (χ0v) is 18.5. The number of phenolic OH excluding ortho intramolecular Hbond substituents is 1. The minimum absolute atomic E-state index is 0.0164. The summed E-state index contributed by atoms with van der Waals surface area (Å²) in [5, 5.41) is 13.1. The van der Waals surface area contributed by atoms with E-state index in [-0.39, 0.29) is 23.5 Å². The normalized spacial score (nSPS) is 25.8. The number of ketones is 1. The van der Waals surface area contributed by atoms with Crippen molar-refractivity contribution in [2.45, 2.75) is 57.3 Å². The molecule has 1 amide bonds. The first-order chi connectivity index (χ1) is 15.0. The van der Waals surface area contributed by atoms with Crippen molar-refractivity contribution >= 4 is 29.0 Å². The van der Waals surface area contributed by atoms with Crippen molar-refractivity contribution in [3.63, 3.8) is 0 Å². The SMILES string of the molecule is O=C(CC1CCC(C(=O)Nc2ccc(O)cc2)C1)C1CCC(c2cccc(Cl)c2)CC1. The molecule has 5 heteroatoms. The predicted molar refractivity (Wildman–Crippen MR) is 123 cm³/mol. The summed E-state index contributed by atoms with van der Waals surface area (Å²) in [5.41, 5.74) is 1.98. The van der Waals surface area contributed by atoms with Crippen LogP contribution in [0.4, 0.5) is 5.69 Å². The molecule has 0 spiro atoms. The number of aromatic hydroxyl groups is 1. The molecule has 31 heavy (non-hydrogen) atoms. The van der Waals surface area contributed by atoms with Crippen molar-refractivity contribution in [1.29, 1.82) is 0 Å². The largest absolute Gasteiger partial charge is 0.508 e. The lowest BCUT2D eigenvalue weighted by atomic mass is 9.76. The van der Waals surface area contributed by atoms with Crippen molar-refractivity contribution < 1.29 is 14.7 Å². The fourth-order valence-electron chi connectivity index (χ4n) is 5.25. The van der Waals surface area contributed by atoms with Gasteiger partial charge in [0.05, 0.1) is 0 Å². The van der Waals surface area contributed by atoms with E-state index >= 15 is 0 Å². The molecule has 0 aromatic heterocycles. The van der Waals surface area contributed by atoms with Crippen molar-refractivity contribution in [3.8, 4) is 5.75 Å². The zero-order valence-electron chi connectivity index (χ0n) is 17.7. The third-order valence-electron chi connectivity index (χ3n) is 7.04. The Morgan fingerprint density at radius 1 is 0.935 bits per heavy atom. The Morgan fingerprint density at radius 2 is 1.65 bits per heavy atom. The molecule has 0 heterocycles. The molecule has 0 saturated heterocycles. The van der Waals surface area contributed by atoms with Crippen LogP contribution in [0.5, 0.6) is 5.75 Å². The van der Waals surface area contributed by atoms with E-state index in [1.165, 1.54) is 5.56 Å². The molecule has 2 N–H and O–H groups in total. The smallest absolute Gasteiger partial charge is 0.227 e. The fraction of sp³-hybridized carbons (Fsp3) is 0.462. The number of carbonyl (C=O) groups is 2. The van der Waals surface area contributed by atoms with Crippen LogP contribution in [0.3, 0.4) is 0 Å². The molecule has 0 radical (unpaired) electrons. The lowest BCUT2D eigenvalue weighted by Gasteiger charge is -2.28. The molecule has 164 valence electrons. The third-order valence-corrected chi connectivity index (χ3v) is 7.27. The van der Waals surface area contributed by atoms with Crippen LogP contribution in [-0.2, 0) is 9.59 Å². The number of amides is 1. The van der Waals surface area contributed by atoms with Gasteiger partial charge in [0.1, 0.15) is 11.5 Å². The number of rotatable bonds is 6. The first-order valence-corrected chi connectivity index (χ1v) is 11.7. The van der Waals surface area contributed by atoms with E-state index in [1.54, 1.807) is 24.3 Å².